The highest BCUT2D eigenvalue weighted by Gasteiger charge is 2.09. The Morgan fingerprint density at radius 3 is 2.00 bits per heavy atom. The molecule has 0 N–H and O–H groups in total. The van der Waals surface area contributed by atoms with Gasteiger partial charge in [-0.05, 0) is 11.8 Å². The average Bonchev–Trinajstić information content (AvgIpc) is 1.59. The number of rotatable bonds is 2. The molecule has 54 valence electrons. The van der Waals surface area contributed by atoms with E-state index in [9.17, 15) is 0 Å². The van der Waals surface area contributed by atoms with Gasteiger partial charge in [0.15, 0.2) is 0 Å². The lowest BCUT2D eigenvalue weighted by Crippen LogP contribution is -2.10. The third-order valence-electron chi connectivity index (χ3n) is 0.708. The first-order chi connectivity index (χ1) is 3.92. The lowest BCUT2D eigenvalue weighted by Gasteiger charge is -2.16. The second-order valence-electron chi connectivity index (χ2n) is 3.10. The van der Waals surface area contributed by atoms with Crippen LogP contribution >= 0.6 is 24.0 Å². The summed E-state index contributed by atoms with van der Waals surface area (Å²) in [6.07, 6.45) is 0. The maximum Gasteiger partial charge on any atom is 0.0250 e. The summed E-state index contributed by atoms with van der Waals surface area (Å²) < 4.78 is 0.361. The molecule has 0 heterocycles. The van der Waals surface area contributed by atoms with Crippen molar-refractivity contribution in [2.75, 3.05) is 5.75 Å². The zero-order chi connectivity index (χ0) is 7.49. The van der Waals surface area contributed by atoms with Gasteiger partial charge in [0.1, 0.15) is 0 Å². The van der Waals surface area contributed by atoms with Crippen molar-refractivity contribution in [2.45, 2.75) is 32.4 Å². The van der Waals surface area contributed by atoms with E-state index in [0.29, 0.717) is 4.75 Å². The second kappa shape index (κ2) is 3.57. The molecule has 0 aromatic rings. The minimum atomic E-state index is 0.361. The molecule has 0 rings (SSSR count). The number of thiocarbonyl (C=S) groups is 1. The topological polar surface area (TPSA) is 0 Å². The van der Waals surface area contributed by atoms with E-state index >= 15 is 0 Å². The fraction of sp³-hybridized carbons (Fsp3) is 0.857. The van der Waals surface area contributed by atoms with Crippen molar-refractivity contribution in [1.82, 2.24) is 0 Å². The Balaban J connectivity index is 3.39. The first-order valence-corrected chi connectivity index (χ1v) is 4.44. The predicted molar refractivity (Wildman–Crippen MR) is 50.5 cm³/mol. The van der Waals surface area contributed by atoms with Crippen molar-refractivity contribution in [3.63, 3.8) is 0 Å². The molecule has 0 aliphatic heterocycles. The highest BCUT2D eigenvalue weighted by atomic mass is 32.2. The maximum absolute atomic E-state index is 4.94. The van der Waals surface area contributed by atoms with Gasteiger partial charge in [0.25, 0.3) is 0 Å². The van der Waals surface area contributed by atoms with Gasteiger partial charge in [-0.15, -0.1) is 0 Å². The summed E-state index contributed by atoms with van der Waals surface area (Å²) in [5.41, 5.74) is 0. The third kappa shape index (κ3) is 8.44. The van der Waals surface area contributed by atoms with Gasteiger partial charge in [0.2, 0.25) is 0 Å². The molecule has 0 aliphatic carbocycles. The van der Waals surface area contributed by atoms with Crippen LogP contribution in [0.1, 0.15) is 27.7 Å². The van der Waals surface area contributed by atoms with E-state index in [0.717, 1.165) is 10.6 Å². The average molecular weight is 162 g/mol. The fourth-order valence-corrected chi connectivity index (χ4v) is 1.13. The molecule has 0 bridgehead atoms. The third-order valence-corrected chi connectivity index (χ3v) is 2.48. The van der Waals surface area contributed by atoms with Gasteiger partial charge < -0.3 is 0 Å². The van der Waals surface area contributed by atoms with Gasteiger partial charge in [-0.3, -0.25) is 0 Å². The number of hydrogen-bond donors (Lipinski definition) is 0. The van der Waals surface area contributed by atoms with Gasteiger partial charge in [-0.2, -0.15) is 11.8 Å². The minimum Gasteiger partial charge on any atom is -0.151 e. The van der Waals surface area contributed by atoms with Gasteiger partial charge in [-0.25, -0.2) is 0 Å². The van der Waals surface area contributed by atoms with Crippen LogP contribution in [0.15, 0.2) is 0 Å². The Morgan fingerprint density at radius 2 is 1.89 bits per heavy atom. The summed E-state index contributed by atoms with van der Waals surface area (Å²) in [6, 6.07) is 0. The van der Waals surface area contributed by atoms with Crippen molar-refractivity contribution >= 4 is 28.8 Å². The van der Waals surface area contributed by atoms with Crippen LogP contribution in [-0.2, 0) is 0 Å². The quantitative estimate of drug-likeness (QED) is 0.573. The molecule has 9 heavy (non-hydrogen) atoms. The summed E-state index contributed by atoms with van der Waals surface area (Å²) >= 11 is 6.84. The molecular weight excluding hydrogens is 148 g/mol. The van der Waals surface area contributed by atoms with Crippen LogP contribution in [0.25, 0.3) is 0 Å². The summed E-state index contributed by atoms with van der Waals surface area (Å²) in [4.78, 5) is 1.09. The summed E-state index contributed by atoms with van der Waals surface area (Å²) in [5, 5.41) is 0. The van der Waals surface area contributed by atoms with E-state index in [1.54, 1.807) is 0 Å². The van der Waals surface area contributed by atoms with Gasteiger partial charge >= 0.3 is 0 Å². The van der Waals surface area contributed by atoms with E-state index < -0.39 is 0 Å². The molecule has 0 atom stereocenters. The van der Waals surface area contributed by atoms with E-state index in [2.05, 4.69) is 20.8 Å². The summed E-state index contributed by atoms with van der Waals surface area (Å²) in [7, 11) is 0. The zero-order valence-electron chi connectivity index (χ0n) is 6.52. The molecular formula is C7H14S2. The van der Waals surface area contributed by atoms with Crippen molar-refractivity contribution in [2.24, 2.45) is 0 Å². The van der Waals surface area contributed by atoms with Crippen LogP contribution in [0.2, 0.25) is 0 Å². The molecule has 0 saturated carbocycles. The molecule has 0 aromatic carbocycles. The Bertz CT molecular complexity index is 100.0. The van der Waals surface area contributed by atoms with Gasteiger partial charge in [0.05, 0.1) is 0 Å². The fourth-order valence-electron chi connectivity index (χ4n) is 0.318. The number of thioether (sulfide) groups is 1. The van der Waals surface area contributed by atoms with Crippen LogP contribution in [-0.4, -0.2) is 15.4 Å². The van der Waals surface area contributed by atoms with Crippen LogP contribution in [0.3, 0.4) is 0 Å². The molecule has 0 spiro atoms. The first kappa shape index (κ1) is 9.44. The van der Waals surface area contributed by atoms with Gasteiger partial charge in [-0.1, -0.05) is 33.0 Å². The molecule has 0 aliphatic rings. The second-order valence-corrected chi connectivity index (χ2v) is 5.60. The van der Waals surface area contributed by atoms with Crippen molar-refractivity contribution in [3.8, 4) is 0 Å². The molecule has 0 aromatic heterocycles. The molecule has 0 radical (unpaired) electrons. The van der Waals surface area contributed by atoms with Crippen molar-refractivity contribution in [1.29, 1.82) is 0 Å². The van der Waals surface area contributed by atoms with E-state index in [1.807, 2.05) is 18.7 Å². The highest BCUT2D eigenvalue weighted by Crippen LogP contribution is 2.22. The zero-order valence-corrected chi connectivity index (χ0v) is 8.16. The summed E-state index contributed by atoms with van der Waals surface area (Å²) in [6.45, 7) is 8.61. The lowest BCUT2D eigenvalue weighted by molar-refractivity contribution is 0.805. The van der Waals surface area contributed by atoms with Gasteiger partial charge in [0, 0.05) is 10.5 Å². The lowest BCUT2D eigenvalue weighted by atomic mass is 10.3. The Hall–Kier alpha value is 0.440. The normalized spacial score (nSPS) is 11.6. The van der Waals surface area contributed by atoms with Crippen molar-refractivity contribution in [3.05, 3.63) is 0 Å². The van der Waals surface area contributed by atoms with E-state index in [-0.39, 0.29) is 0 Å². The van der Waals surface area contributed by atoms with Crippen LogP contribution in [0, 0.1) is 0 Å². The molecule has 0 saturated heterocycles. The van der Waals surface area contributed by atoms with E-state index in [1.165, 1.54) is 0 Å². The smallest absolute Gasteiger partial charge is 0.0250 e. The van der Waals surface area contributed by atoms with E-state index in [4.69, 9.17) is 12.2 Å². The SMILES string of the molecule is CC(=S)CSC(C)(C)C. The predicted octanol–water partition coefficient (Wildman–Crippen LogP) is 2.91. The maximum atomic E-state index is 4.94. The summed E-state index contributed by atoms with van der Waals surface area (Å²) in [5.74, 6) is 1.01. The molecule has 0 fully saturated rings. The monoisotopic (exact) mass is 162 g/mol. The Morgan fingerprint density at radius 1 is 1.44 bits per heavy atom. The molecule has 0 amide bonds. The van der Waals surface area contributed by atoms with Crippen LogP contribution < -0.4 is 0 Å². The molecule has 0 nitrogen and oxygen atoms in total. The first-order valence-electron chi connectivity index (χ1n) is 3.05. The Labute approximate surface area is 67.4 Å². The Kier molecular flexibility index (Phi) is 3.74. The number of hydrogen-bond acceptors (Lipinski definition) is 2. The standard InChI is InChI=1S/C7H14S2/c1-6(8)5-9-7(2,3)4/h5H2,1-4H3. The largest absolute Gasteiger partial charge is 0.151 e. The molecule has 0 unspecified atom stereocenters. The minimum absolute atomic E-state index is 0.361. The van der Waals surface area contributed by atoms with Crippen molar-refractivity contribution < 1.29 is 0 Å². The van der Waals surface area contributed by atoms with Crippen LogP contribution in [0.4, 0.5) is 0 Å². The highest BCUT2D eigenvalue weighted by molar-refractivity contribution is 8.02. The molecule has 2 heteroatoms. The van der Waals surface area contributed by atoms with Crippen LogP contribution in [0.5, 0.6) is 0 Å².